The predicted molar refractivity (Wildman–Crippen MR) is 132 cm³/mol. The number of nitrogens with one attached hydrogen (secondary N) is 2. The highest BCUT2D eigenvalue weighted by molar-refractivity contribution is 7.13. The molecule has 4 aromatic rings. The molecule has 1 aliphatic rings. The van der Waals surface area contributed by atoms with Crippen molar-refractivity contribution in [2.24, 2.45) is 7.05 Å². The Morgan fingerprint density at radius 2 is 2.00 bits per heavy atom. The molecule has 2 N–H and O–H groups in total. The van der Waals surface area contributed by atoms with Crippen LogP contribution in [0, 0.1) is 6.92 Å². The zero-order valence-corrected chi connectivity index (χ0v) is 20.0. The quantitative estimate of drug-likeness (QED) is 0.383. The van der Waals surface area contributed by atoms with E-state index in [1.165, 1.54) is 11.3 Å². The third kappa shape index (κ3) is 4.92. The monoisotopic (exact) mass is 489 g/mol. The van der Waals surface area contributed by atoms with E-state index in [1.54, 1.807) is 49.0 Å². The van der Waals surface area contributed by atoms with Gasteiger partial charge in [-0.2, -0.15) is 5.10 Å². The van der Waals surface area contributed by atoms with E-state index in [0.29, 0.717) is 39.2 Å². The molecule has 178 valence electrons. The van der Waals surface area contributed by atoms with Crippen LogP contribution in [-0.2, 0) is 16.6 Å². The molecule has 1 fully saturated rings. The van der Waals surface area contributed by atoms with Gasteiger partial charge in [-0.25, -0.2) is 9.78 Å². The topological polar surface area (TPSA) is 115 Å². The normalized spacial score (nSPS) is 13.0. The molecule has 0 bridgehead atoms. The number of ether oxygens (including phenoxy) is 1. The van der Waals surface area contributed by atoms with E-state index in [2.05, 4.69) is 20.7 Å². The zero-order chi connectivity index (χ0) is 24.5. The second-order valence-corrected chi connectivity index (χ2v) is 9.34. The van der Waals surface area contributed by atoms with Gasteiger partial charge in [-0.3, -0.25) is 14.3 Å². The molecule has 0 radical (unpaired) electrons. The fraction of sp³-hybridized carbons (Fsp3) is 0.240. The predicted octanol–water partition coefficient (Wildman–Crippen LogP) is 3.69. The van der Waals surface area contributed by atoms with Gasteiger partial charge in [0.2, 0.25) is 0 Å². The molecular formula is C25H23N5O4S. The van der Waals surface area contributed by atoms with E-state index >= 15 is 0 Å². The molecule has 10 heteroatoms. The second-order valence-electron chi connectivity index (χ2n) is 8.39. The average molecular weight is 490 g/mol. The number of benzene rings is 1. The summed E-state index contributed by atoms with van der Waals surface area (Å²) in [6.07, 6.45) is 1.98. The summed E-state index contributed by atoms with van der Waals surface area (Å²) in [5, 5.41) is 12.5. The Bertz CT molecular complexity index is 1440. The zero-order valence-electron chi connectivity index (χ0n) is 19.2. The molecule has 0 saturated heterocycles. The Balaban J connectivity index is 1.30. The van der Waals surface area contributed by atoms with Crippen LogP contribution >= 0.6 is 11.3 Å². The number of amides is 2. The Hall–Kier alpha value is -4.05. The molecule has 3 aromatic heterocycles. The van der Waals surface area contributed by atoms with E-state index in [1.807, 2.05) is 17.5 Å². The van der Waals surface area contributed by atoms with Gasteiger partial charge in [0.1, 0.15) is 0 Å². The lowest BCUT2D eigenvalue weighted by Gasteiger charge is -2.10. The largest absolute Gasteiger partial charge is 0.452 e. The first-order chi connectivity index (χ1) is 16.9. The number of carbonyl (C=O) groups is 3. The lowest BCUT2D eigenvalue weighted by atomic mass is 10.1. The van der Waals surface area contributed by atoms with Gasteiger partial charge in [0.05, 0.1) is 27.2 Å². The van der Waals surface area contributed by atoms with Crippen molar-refractivity contribution >= 4 is 45.8 Å². The van der Waals surface area contributed by atoms with Crippen LogP contribution in [0.5, 0.6) is 0 Å². The molecular weight excluding hydrogens is 466 g/mol. The molecule has 2 amide bonds. The smallest absolute Gasteiger partial charge is 0.339 e. The standard InChI is InChI=1S/C25H23N5O4S/c1-14-22-18(12-19(20-7-4-10-35-20)28-23(22)30(2)29-14)25(33)34-13-21(31)26-17-6-3-5-15(11-17)24(32)27-16-8-9-16/h3-7,10-12,16H,8-9,13H2,1-2H3,(H,26,31)(H,27,32). The van der Waals surface area contributed by atoms with Crippen molar-refractivity contribution in [3.8, 4) is 10.6 Å². The highest BCUT2D eigenvalue weighted by Gasteiger charge is 2.24. The van der Waals surface area contributed by atoms with E-state index < -0.39 is 18.5 Å². The Morgan fingerprint density at radius 3 is 2.74 bits per heavy atom. The molecule has 35 heavy (non-hydrogen) atoms. The Labute approximate surface area is 205 Å². The number of pyridine rings is 1. The third-order valence-corrected chi connectivity index (χ3v) is 6.51. The fourth-order valence-electron chi connectivity index (χ4n) is 3.80. The number of thiophene rings is 1. The van der Waals surface area contributed by atoms with Crippen molar-refractivity contribution in [1.82, 2.24) is 20.1 Å². The van der Waals surface area contributed by atoms with Crippen molar-refractivity contribution < 1.29 is 19.1 Å². The summed E-state index contributed by atoms with van der Waals surface area (Å²) in [4.78, 5) is 43.3. The summed E-state index contributed by atoms with van der Waals surface area (Å²) in [7, 11) is 1.77. The van der Waals surface area contributed by atoms with Crippen LogP contribution in [0.1, 0.15) is 39.3 Å². The van der Waals surface area contributed by atoms with Crippen molar-refractivity contribution in [3.63, 3.8) is 0 Å². The van der Waals surface area contributed by atoms with Crippen LogP contribution in [0.25, 0.3) is 21.6 Å². The van der Waals surface area contributed by atoms with Gasteiger partial charge in [-0.05, 0) is 55.5 Å². The molecule has 0 aliphatic heterocycles. The van der Waals surface area contributed by atoms with Gasteiger partial charge in [0, 0.05) is 24.3 Å². The highest BCUT2D eigenvalue weighted by Crippen LogP contribution is 2.29. The van der Waals surface area contributed by atoms with Crippen LogP contribution in [0.3, 0.4) is 0 Å². The SMILES string of the molecule is Cc1nn(C)c2nc(-c3cccs3)cc(C(=O)OCC(=O)Nc3cccc(C(=O)NC4CC4)c3)c12. The molecule has 0 unspecified atom stereocenters. The molecule has 0 atom stereocenters. The average Bonchev–Trinajstić information content (AvgIpc) is 3.38. The summed E-state index contributed by atoms with van der Waals surface area (Å²) in [5.41, 5.74) is 3.04. The number of hydrogen-bond donors (Lipinski definition) is 2. The summed E-state index contributed by atoms with van der Waals surface area (Å²) < 4.78 is 6.98. The van der Waals surface area contributed by atoms with E-state index in [-0.39, 0.29) is 11.9 Å². The first kappa shape index (κ1) is 22.7. The Kier molecular flexibility index (Phi) is 6.04. The van der Waals surface area contributed by atoms with Gasteiger partial charge in [-0.15, -0.1) is 11.3 Å². The maximum atomic E-state index is 13.0. The number of aromatic nitrogens is 3. The summed E-state index contributed by atoms with van der Waals surface area (Å²) in [6.45, 7) is 1.32. The second kappa shape index (κ2) is 9.30. The van der Waals surface area contributed by atoms with Crippen molar-refractivity contribution in [2.75, 3.05) is 11.9 Å². The fourth-order valence-corrected chi connectivity index (χ4v) is 4.48. The van der Waals surface area contributed by atoms with E-state index in [4.69, 9.17) is 4.74 Å². The number of hydrogen-bond acceptors (Lipinski definition) is 7. The molecule has 1 saturated carbocycles. The molecule has 1 aliphatic carbocycles. The van der Waals surface area contributed by atoms with Crippen molar-refractivity contribution in [3.05, 3.63) is 64.7 Å². The first-order valence-electron chi connectivity index (χ1n) is 11.1. The number of rotatable bonds is 7. The van der Waals surface area contributed by atoms with Crippen LogP contribution in [-0.4, -0.2) is 45.2 Å². The van der Waals surface area contributed by atoms with Crippen LogP contribution in [0.15, 0.2) is 47.8 Å². The lowest BCUT2D eigenvalue weighted by Crippen LogP contribution is -2.25. The third-order valence-electron chi connectivity index (χ3n) is 5.62. The van der Waals surface area contributed by atoms with Crippen LogP contribution in [0.4, 0.5) is 5.69 Å². The lowest BCUT2D eigenvalue weighted by molar-refractivity contribution is -0.119. The van der Waals surface area contributed by atoms with Gasteiger partial charge < -0.3 is 15.4 Å². The van der Waals surface area contributed by atoms with Crippen LogP contribution in [0.2, 0.25) is 0 Å². The Morgan fingerprint density at radius 1 is 1.17 bits per heavy atom. The maximum absolute atomic E-state index is 13.0. The van der Waals surface area contributed by atoms with Gasteiger partial charge in [0.15, 0.2) is 12.3 Å². The molecule has 3 heterocycles. The van der Waals surface area contributed by atoms with Crippen LogP contribution < -0.4 is 10.6 Å². The van der Waals surface area contributed by atoms with Crippen molar-refractivity contribution in [1.29, 1.82) is 0 Å². The molecule has 1 aromatic carbocycles. The number of fused-ring (bicyclic) bond motifs is 1. The van der Waals surface area contributed by atoms with Gasteiger partial charge in [-0.1, -0.05) is 12.1 Å². The van der Waals surface area contributed by atoms with Gasteiger partial charge >= 0.3 is 5.97 Å². The summed E-state index contributed by atoms with van der Waals surface area (Å²) >= 11 is 1.51. The number of nitrogens with zero attached hydrogens (tertiary/aromatic N) is 3. The first-order valence-corrected chi connectivity index (χ1v) is 12.0. The molecule has 9 nitrogen and oxygen atoms in total. The molecule has 5 rings (SSSR count). The van der Waals surface area contributed by atoms with E-state index in [0.717, 1.165) is 17.7 Å². The number of carbonyl (C=O) groups excluding carboxylic acids is 3. The minimum atomic E-state index is -0.640. The van der Waals surface area contributed by atoms with E-state index in [9.17, 15) is 14.4 Å². The summed E-state index contributed by atoms with van der Waals surface area (Å²) in [5.74, 6) is -1.33. The minimum absolute atomic E-state index is 0.176. The van der Waals surface area contributed by atoms with Gasteiger partial charge in [0.25, 0.3) is 11.8 Å². The summed E-state index contributed by atoms with van der Waals surface area (Å²) in [6, 6.07) is 12.4. The minimum Gasteiger partial charge on any atom is -0.452 e. The molecule has 0 spiro atoms. The van der Waals surface area contributed by atoms with Crippen molar-refractivity contribution in [2.45, 2.75) is 25.8 Å². The number of esters is 1. The number of aryl methyl sites for hydroxylation is 2. The maximum Gasteiger partial charge on any atom is 0.339 e. The highest BCUT2D eigenvalue weighted by atomic mass is 32.1. The number of anilines is 1.